The summed E-state index contributed by atoms with van der Waals surface area (Å²) in [7, 11) is -0.331. The molecule has 2 aromatic rings. The van der Waals surface area contributed by atoms with Gasteiger partial charge in [-0.3, -0.25) is 4.90 Å². The van der Waals surface area contributed by atoms with Crippen LogP contribution in [-0.2, 0) is 6.54 Å². The van der Waals surface area contributed by atoms with Crippen LogP contribution in [-0.4, -0.2) is 25.1 Å². The van der Waals surface area contributed by atoms with Crippen molar-refractivity contribution < 1.29 is 9.31 Å². The van der Waals surface area contributed by atoms with Gasteiger partial charge in [-0.25, -0.2) is 0 Å². The summed E-state index contributed by atoms with van der Waals surface area (Å²) in [5, 5.41) is 0. The van der Waals surface area contributed by atoms with Crippen LogP contribution in [0, 0.1) is 5.41 Å². The second kappa shape index (κ2) is 5.06. The Balaban J connectivity index is 1.54. The molecule has 1 fully saturated rings. The van der Waals surface area contributed by atoms with Crippen LogP contribution in [0.2, 0.25) is 0 Å². The standard InChI is InChI=1S/C18H20BNO2/c1-18(2)12-20(13-18)11-14-7-3-4-8-15(14)19-21-16-9-5-6-10-17(16)22-19/h3-10H,11-13H2,1-2H3. The van der Waals surface area contributed by atoms with Gasteiger partial charge in [0.05, 0.1) is 0 Å². The third kappa shape index (κ3) is 2.48. The molecular weight excluding hydrogens is 273 g/mol. The van der Waals surface area contributed by atoms with Crippen LogP contribution >= 0.6 is 0 Å². The average Bonchev–Trinajstić information content (AvgIpc) is 2.89. The number of nitrogens with zero attached hydrogens (tertiary/aromatic N) is 1. The van der Waals surface area contributed by atoms with Gasteiger partial charge in [-0.2, -0.15) is 0 Å². The molecule has 0 aromatic heterocycles. The van der Waals surface area contributed by atoms with Gasteiger partial charge in [0.2, 0.25) is 0 Å². The molecule has 4 heteroatoms. The highest BCUT2D eigenvalue weighted by Gasteiger charge is 2.38. The predicted molar refractivity (Wildman–Crippen MR) is 88.6 cm³/mol. The van der Waals surface area contributed by atoms with E-state index in [1.54, 1.807) is 0 Å². The summed E-state index contributed by atoms with van der Waals surface area (Å²) in [6.07, 6.45) is 0. The summed E-state index contributed by atoms with van der Waals surface area (Å²) in [6.45, 7) is 7.88. The van der Waals surface area contributed by atoms with Crippen LogP contribution < -0.4 is 14.8 Å². The first-order valence-electron chi connectivity index (χ1n) is 7.83. The zero-order valence-electron chi connectivity index (χ0n) is 13.1. The van der Waals surface area contributed by atoms with Gasteiger partial charge in [0.25, 0.3) is 0 Å². The van der Waals surface area contributed by atoms with Gasteiger partial charge in [0.15, 0.2) is 0 Å². The summed E-state index contributed by atoms with van der Waals surface area (Å²) in [5.74, 6) is 1.65. The van der Waals surface area contributed by atoms with Crippen LogP contribution in [0.15, 0.2) is 48.5 Å². The molecule has 2 aliphatic rings. The average molecular weight is 293 g/mol. The number of para-hydroxylation sites is 2. The molecule has 3 nitrogen and oxygen atoms in total. The Morgan fingerprint density at radius 2 is 1.55 bits per heavy atom. The van der Waals surface area contributed by atoms with E-state index < -0.39 is 0 Å². The van der Waals surface area contributed by atoms with Gasteiger partial charge in [0.1, 0.15) is 11.5 Å². The molecule has 0 N–H and O–H groups in total. The molecule has 2 aliphatic heterocycles. The topological polar surface area (TPSA) is 21.7 Å². The Labute approximate surface area is 132 Å². The molecule has 2 aromatic carbocycles. The molecule has 2 heterocycles. The van der Waals surface area contributed by atoms with Crippen molar-refractivity contribution in [2.45, 2.75) is 20.4 Å². The monoisotopic (exact) mass is 293 g/mol. The number of fused-ring (bicyclic) bond motifs is 1. The number of hydrogen-bond donors (Lipinski definition) is 0. The van der Waals surface area contributed by atoms with E-state index in [1.165, 1.54) is 5.56 Å². The largest absolute Gasteiger partial charge is 0.633 e. The van der Waals surface area contributed by atoms with Gasteiger partial charge < -0.3 is 9.31 Å². The quantitative estimate of drug-likeness (QED) is 0.812. The van der Waals surface area contributed by atoms with Crippen molar-refractivity contribution in [3.05, 3.63) is 54.1 Å². The summed E-state index contributed by atoms with van der Waals surface area (Å²) >= 11 is 0. The Bertz CT molecular complexity index is 668. The van der Waals surface area contributed by atoms with E-state index in [0.717, 1.165) is 36.6 Å². The highest BCUT2D eigenvalue weighted by molar-refractivity contribution is 6.64. The van der Waals surface area contributed by atoms with Crippen molar-refractivity contribution in [2.24, 2.45) is 5.41 Å². The zero-order chi connectivity index (χ0) is 15.2. The molecule has 0 atom stereocenters. The highest BCUT2D eigenvalue weighted by Crippen LogP contribution is 2.33. The van der Waals surface area contributed by atoms with Gasteiger partial charge in [0, 0.05) is 25.1 Å². The van der Waals surface area contributed by atoms with E-state index in [9.17, 15) is 0 Å². The van der Waals surface area contributed by atoms with Crippen molar-refractivity contribution >= 4 is 12.6 Å². The van der Waals surface area contributed by atoms with E-state index >= 15 is 0 Å². The molecular formula is C18H20BNO2. The number of rotatable bonds is 3. The fourth-order valence-electron chi connectivity index (χ4n) is 3.45. The maximum Gasteiger partial charge on any atom is 0.633 e. The minimum absolute atomic E-state index is 0.331. The first-order valence-corrected chi connectivity index (χ1v) is 7.83. The summed E-state index contributed by atoms with van der Waals surface area (Å²) in [6, 6.07) is 16.3. The Hall–Kier alpha value is -1.94. The highest BCUT2D eigenvalue weighted by atomic mass is 16.6. The molecule has 22 heavy (non-hydrogen) atoms. The maximum atomic E-state index is 5.97. The van der Waals surface area contributed by atoms with Crippen molar-refractivity contribution in [3.8, 4) is 11.5 Å². The molecule has 112 valence electrons. The molecule has 0 bridgehead atoms. The first-order chi connectivity index (χ1) is 10.6. The van der Waals surface area contributed by atoms with Crippen molar-refractivity contribution in [1.29, 1.82) is 0 Å². The van der Waals surface area contributed by atoms with Gasteiger partial charge >= 0.3 is 7.12 Å². The van der Waals surface area contributed by atoms with E-state index in [0.29, 0.717) is 5.41 Å². The summed E-state index contributed by atoms with van der Waals surface area (Å²) < 4.78 is 11.9. The van der Waals surface area contributed by atoms with E-state index in [2.05, 4.69) is 43.0 Å². The van der Waals surface area contributed by atoms with E-state index in [4.69, 9.17) is 9.31 Å². The van der Waals surface area contributed by atoms with Crippen molar-refractivity contribution in [2.75, 3.05) is 13.1 Å². The van der Waals surface area contributed by atoms with E-state index in [1.807, 2.05) is 24.3 Å². The molecule has 0 amide bonds. The molecule has 1 saturated heterocycles. The summed E-state index contributed by atoms with van der Waals surface area (Å²) in [5.41, 5.74) is 2.87. The lowest BCUT2D eigenvalue weighted by Gasteiger charge is -2.46. The third-order valence-electron chi connectivity index (χ3n) is 4.32. The lowest BCUT2D eigenvalue weighted by Crippen LogP contribution is -2.53. The van der Waals surface area contributed by atoms with Crippen molar-refractivity contribution in [1.82, 2.24) is 4.90 Å². The van der Waals surface area contributed by atoms with Gasteiger partial charge in [-0.15, -0.1) is 0 Å². The molecule has 0 radical (unpaired) electrons. The lowest BCUT2D eigenvalue weighted by molar-refractivity contribution is 0.0244. The smallest absolute Gasteiger partial charge is 0.519 e. The SMILES string of the molecule is CC1(C)CN(Cc2ccccc2B2Oc3ccccc3O2)C1. The molecule has 0 saturated carbocycles. The molecule has 0 aliphatic carbocycles. The van der Waals surface area contributed by atoms with Gasteiger partial charge in [-0.05, 0) is 23.1 Å². The Morgan fingerprint density at radius 1 is 0.955 bits per heavy atom. The Kier molecular flexibility index (Phi) is 3.15. The number of likely N-dealkylation sites (tertiary alicyclic amines) is 1. The summed E-state index contributed by atoms with van der Waals surface area (Å²) in [4.78, 5) is 2.47. The molecule has 4 rings (SSSR count). The zero-order valence-corrected chi connectivity index (χ0v) is 13.1. The minimum atomic E-state index is -0.331. The van der Waals surface area contributed by atoms with Crippen LogP contribution in [0.5, 0.6) is 11.5 Å². The van der Waals surface area contributed by atoms with Crippen LogP contribution in [0.1, 0.15) is 19.4 Å². The lowest BCUT2D eigenvalue weighted by atomic mass is 9.75. The fraction of sp³-hybridized carbons (Fsp3) is 0.333. The third-order valence-corrected chi connectivity index (χ3v) is 4.32. The van der Waals surface area contributed by atoms with Crippen LogP contribution in [0.25, 0.3) is 0 Å². The maximum absolute atomic E-state index is 5.97. The van der Waals surface area contributed by atoms with Crippen molar-refractivity contribution in [3.63, 3.8) is 0 Å². The Morgan fingerprint density at radius 3 is 2.18 bits per heavy atom. The molecule has 0 spiro atoms. The molecule has 0 unspecified atom stereocenters. The van der Waals surface area contributed by atoms with E-state index in [-0.39, 0.29) is 7.12 Å². The first kappa shape index (κ1) is 13.7. The fourth-order valence-corrected chi connectivity index (χ4v) is 3.45. The van der Waals surface area contributed by atoms with Crippen LogP contribution in [0.3, 0.4) is 0 Å². The second-order valence-corrected chi connectivity index (χ2v) is 7.02. The number of hydrogen-bond acceptors (Lipinski definition) is 3. The minimum Gasteiger partial charge on any atom is -0.519 e. The second-order valence-electron chi connectivity index (χ2n) is 7.02. The number of benzene rings is 2. The normalized spacial score (nSPS) is 19.1. The predicted octanol–water partition coefficient (Wildman–Crippen LogP) is 2.70. The van der Waals surface area contributed by atoms with Crippen LogP contribution in [0.4, 0.5) is 0 Å². The van der Waals surface area contributed by atoms with Gasteiger partial charge in [-0.1, -0.05) is 50.2 Å².